The Kier molecular flexibility index (Phi) is 7.53. The molecule has 2 aliphatic heterocycles. The highest BCUT2D eigenvalue weighted by Crippen LogP contribution is 2.30. The quantitative estimate of drug-likeness (QED) is 0.357. The first-order valence-corrected chi connectivity index (χ1v) is 14.6. The first-order chi connectivity index (χ1) is 19.9. The fraction of sp³-hybridized carbons (Fsp3) is 0.406. The van der Waals surface area contributed by atoms with E-state index in [-0.39, 0.29) is 17.4 Å². The van der Waals surface area contributed by atoms with Gasteiger partial charge in [-0.05, 0) is 81.9 Å². The Morgan fingerprint density at radius 1 is 1.02 bits per heavy atom. The molecule has 2 fully saturated rings. The average Bonchev–Trinajstić information content (AvgIpc) is 3.49. The Morgan fingerprint density at radius 3 is 2.49 bits per heavy atom. The van der Waals surface area contributed by atoms with Crippen LogP contribution in [0.2, 0.25) is 0 Å². The van der Waals surface area contributed by atoms with Crippen molar-refractivity contribution in [3.05, 3.63) is 76.0 Å². The summed E-state index contributed by atoms with van der Waals surface area (Å²) in [6.07, 6.45) is 5.00. The molecule has 2 N–H and O–H groups in total. The number of rotatable bonds is 6. The number of carbonyl (C=O) groups excluding carboxylic acids is 1. The number of fused-ring (bicyclic) bond motifs is 1. The van der Waals surface area contributed by atoms with Crippen molar-refractivity contribution in [1.82, 2.24) is 29.7 Å². The molecular weight excluding hydrogens is 514 g/mol. The molecule has 4 aromatic rings. The SMILES string of the molecule is CCn1c(=O)c(-c2ccc(C3CCN(C(C)=O)C3)nc2C)cc2cnc(Nc3ccc(C4CCNCC4)cc3)nc21. The van der Waals surface area contributed by atoms with Crippen LogP contribution in [0.3, 0.4) is 0 Å². The molecule has 1 unspecified atom stereocenters. The summed E-state index contributed by atoms with van der Waals surface area (Å²) in [6, 6.07) is 14.4. The molecule has 0 aliphatic carbocycles. The second-order valence-electron chi connectivity index (χ2n) is 11.2. The van der Waals surface area contributed by atoms with Gasteiger partial charge in [-0.25, -0.2) is 4.98 Å². The summed E-state index contributed by atoms with van der Waals surface area (Å²) >= 11 is 0. The number of nitrogens with one attached hydrogen (secondary N) is 2. The third kappa shape index (κ3) is 5.46. The lowest BCUT2D eigenvalue weighted by Gasteiger charge is -2.23. The number of nitrogens with zero attached hydrogens (tertiary/aromatic N) is 5. The maximum atomic E-state index is 13.7. The number of likely N-dealkylation sites (tertiary alicyclic amines) is 1. The molecule has 0 spiro atoms. The average molecular weight is 552 g/mol. The fourth-order valence-electron chi connectivity index (χ4n) is 6.21. The van der Waals surface area contributed by atoms with Gasteiger partial charge in [0.25, 0.3) is 5.56 Å². The zero-order valence-electron chi connectivity index (χ0n) is 24.0. The minimum atomic E-state index is -0.0998. The Hall–Kier alpha value is -4.11. The summed E-state index contributed by atoms with van der Waals surface area (Å²) in [4.78, 5) is 41.5. The van der Waals surface area contributed by atoms with Crippen LogP contribution >= 0.6 is 0 Å². The molecule has 2 aliphatic rings. The summed E-state index contributed by atoms with van der Waals surface area (Å²) in [6.45, 7) is 9.57. The lowest BCUT2D eigenvalue weighted by atomic mass is 9.90. The van der Waals surface area contributed by atoms with E-state index < -0.39 is 0 Å². The van der Waals surface area contributed by atoms with Gasteiger partial charge >= 0.3 is 0 Å². The van der Waals surface area contributed by atoms with Gasteiger partial charge in [-0.1, -0.05) is 18.2 Å². The maximum absolute atomic E-state index is 13.7. The monoisotopic (exact) mass is 551 g/mol. The van der Waals surface area contributed by atoms with Crippen LogP contribution in [-0.4, -0.2) is 56.5 Å². The van der Waals surface area contributed by atoms with Gasteiger partial charge in [0.05, 0.1) is 0 Å². The van der Waals surface area contributed by atoms with E-state index in [1.807, 2.05) is 36.9 Å². The highest BCUT2D eigenvalue weighted by atomic mass is 16.2. The summed E-state index contributed by atoms with van der Waals surface area (Å²) in [5.41, 5.74) is 5.94. The largest absolute Gasteiger partial charge is 0.342 e. The molecule has 0 radical (unpaired) electrons. The molecule has 5 heterocycles. The number of aromatic nitrogens is 4. The molecule has 6 rings (SSSR count). The van der Waals surface area contributed by atoms with E-state index in [1.165, 1.54) is 5.56 Å². The molecule has 2 saturated heterocycles. The standard InChI is InChI=1S/C32H37N7O2/c1-4-39-30-25(18-34-32(37-30)36-26-7-5-22(6-8-26)23-11-14-33-15-12-23)17-28(31(39)41)27-9-10-29(35-20(27)2)24-13-16-38(19-24)21(3)40/h5-10,17-18,23-24,33H,4,11-16,19H2,1-3H3,(H,34,36,37). The second-order valence-corrected chi connectivity index (χ2v) is 11.2. The third-order valence-electron chi connectivity index (χ3n) is 8.57. The summed E-state index contributed by atoms with van der Waals surface area (Å²) in [5.74, 6) is 1.38. The lowest BCUT2D eigenvalue weighted by Crippen LogP contribution is -2.26. The van der Waals surface area contributed by atoms with Crippen molar-refractivity contribution >= 4 is 28.6 Å². The first kappa shape index (κ1) is 27.1. The maximum Gasteiger partial charge on any atom is 0.260 e. The molecule has 212 valence electrons. The van der Waals surface area contributed by atoms with Gasteiger partial charge in [0.2, 0.25) is 11.9 Å². The van der Waals surface area contributed by atoms with E-state index in [0.29, 0.717) is 36.2 Å². The third-order valence-corrected chi connectivity index (χ3v) is 8.57. The van der Waals surface area contributed by atoms with E-state index in [0.717, 1.165) is 66.9 Å². The van der Waals surface area contributed by atoms with Crippen molar-refractivity contribution in [3.8, 4) is 11.1 Å². The zero-order chi connectivity index (χ0) is 28.5. The molecule has 9 heteroatoms. The molecule has 41 heavy (non-hydrogen) atoms. The van der Waals surface area contributed by atoms with E-state index in [1.54, 1.807) is 17.7 Å². The number of anilines is 2. The summed E-state index contributed by atoms with van der Waals surface area (Å²) in [7, 11) is 0. The fourth-order valence-corrected chi connectivity index (χ4v) is 6.21. The predicted octanol–water partition coefficient (Wildman–Crippen LogP) is 4.73. The number of hydrogen-bond donors (Lipinski definition) is 2. The second kappa shape index (κ2) is 11.4. The smallest absolute Gasteiger partial charge is 0.260 e. The predicted molar refractivity (Wildman–Crippen MR) is 162 cm³/mol. The van der Waals surface area contributed by atoms with Crippen molar-refractivity contribution in [2.45, 2.75) is 58.4 Å². The molecule has 0 saturated carbocycles. The minimum absolute atomic E-state index is 0.0998. The number of pyridine rings is 2. The number of carbonyl (C=O) groups is 1. The van der Waals surface area contributed by atoms with Gasteiger partial charge in [-0.15, -0.1) is 0 Å². The Bertz CT molecular complexity index is 1640. The van der Waals surface area contributed by atoms with E-state index in [4.69, 9.17) is 9.97 Å². The van der Waals surface area contributed by atoms with Crippen molar-refractivity contribution in [3.63, 3.8) is 0 Å². The van der Waals surface area contributed by atoms with Crippen molar-refractivity contribution in [2.75, 3.05) is 31.5 Å². The summed E-state index contributed by atoms with van der Waals surface area (Å²) < 4.78 is 1.70. The van der Waals surface area contributed by atoms with Gasteiger partial charge in [0, 0.05) is 72.3 Å². The van der Waals surface area contributed by atoms with Gasteiger partial charge in [0.1, 0.15) is 5.65 Å². The Morgan fingerprint density at radius 2 is 1.80 bits per heavy atom. The molecule has 0 bridgehead atoms. The highest BCUT2D eigenvalue weighted by Gasteiger charge is 2.27. The van der Waals surface area contributed by atoms with Crippen molar-refractivity contribution < 1.29 is 4.79 Å². The molecule has 1 atom stereocenters. The molecular formula is C32H37N7O2. The van der Waals surface area contributed by atoms with Crippen LogP contribution in [0.4, 0.5) is 11.6 Å². The molecule has 3 aromatic heterocycles. The first-order valence-electron chi connectivity index (χ1n) is 14.6. The highest BCUT2D eigenvalue weighted by molar-refractivity contribution is 5.82. The van der Waals surface area contributed by atoms with E-state index >= 15 is 0 Å². The molecule has 9 nitrogen and oxygen atoms in total. The zero-order valence-corrected chi connectivity index (χ0v) is 24.0. The number of amides is 1. The topological polar surface area (TPSA) is 105 Å². The Balaban J connectivity index is 1.26. The van der Waals surface area contributed by atoms with Crippen LogP contribution in [0, 0.1) is 6.92 Å². The number of piperidine rings is 1. The van der Waals surface area contributed by atoms with Crippen LogP contribution < -0.4 is 16.2 Å². The van der Waals surface area contributed by atoms with E-state index in [2.05, 4.69) is 39.9 Å². The van der Waals surface area contributed by atoms with Gasteiger partial charge in [0.15, 0.2) is 0 Å². The minimum Gasteiger partial charge on any atom is -0.342 e. The number of hydrogen-bond acceptors (Lipinski definition) is 7. The number of aryl methyl sites for hydroxylation is 2. The van der Waals surface area contributed by atoms with Crippen LogP contribution in [-0.2, 0) is 11.3 Å². The van der Waals surface area contributed by atoms with Crippen LogP contribution in [0.25, 0.3) is 22.2 Å². The van der Waals surface area contributed by atoms with Gasteiger partial charge in [-0.2, -0.15) is 4.98 Å². The Labute approximate surface area is 240 Å². The van der Waals surface area contributed by atoms with Crippen LogP contribution in [0.5, 0.6) is 0 Å². The van der Waals surface area contributed by atoms with Crippen molar-refractivity contribution in [1.29, 1.82) is 0 Å². The molecule has 1 aromatic carbocycles. The van der Waals surface area contributed by atoms with Crippen LogP contribution in [0.1, 0.15) is 61.9 Å². The normalized spacial score (nSPS) is 17.7. The number of benzene rings is 1. The van der Waals surface area contributed by atoms with Gasteiger partial charge in [-0.3, -0.25) is 19.1 Å². The van der Waals surface area contributed by atoms with Crippen LogP contribution in [0.15, 0.2) is 53.5 Å². The van der Waals surface area contributed by atoms with E-state index in [9.17, 15) is 9.59 Å². The van der Waals surface area contributed by atoms with Crippen molar-refractivity contribution in [2.24, 2.45) is 0 Å². The lowest BCUT2D eigenvalue weighted by molar-refractivity contribution is -0.127. The molecule has 1 amide bonds. The summed E-state index contributed by atoms with van der Waals surface area (Å²) in [5, 5.41) is 7.53. The van der Waals surface area contributed by atoms with Gasteiger partial charge < -0.3 is 15.5 Å².